The van der Waals surface area contributed by atoms with Crippen molar-refractivity contribution >= 4 is 32.9 Å². The van der Waals surface area contributed by atoms with Crippen LogP contribution >= 0.6 is 0 Å². The highest BCUT2D eigenvalue weighted by Crippen LogP contribution is 2.40. The lowest BCUT2D eigenvalue weighted by Crippen LogP contribution is -2.12. The molecule has 5 aromatic carbocycles. The molecule has 0 amide bonds. The van der Waals surface area contributed by atoms with Crippen molar-refractivity contribution in [3.63, 3.8) is 0 Å². The normalized spacial score (nSPS) is 12.9. The summed E-state index contributed by atoms with van der Waals surface area (Å²) in [4.78, 5) is 10.1. The summed E-state index contributed by atoms with van der Waals surface area (Å²) in [6.45, 7) is 0. The zero-order valence-electron chi connectivity index (χ0n) is 15.0. The summed E-state index contributed by atoms with van der Waals surface area (Å²) in [5.41, 5.74) is 6.99. The van der Waals surface area contributed by atoms with Gasteiger partial charge in [-0.3, -0.25) is 0 Å². The molecule has 128 valence electrons. The van der Waals surface area contributed by atoms with E-state index in [2.05, 4.69) is 84.9 Å². The van der Waals surface area contributed by atoms with Gasteiger partial charge < -0.3 is 0 Å². The molecular weight excluding hydrogens is 340 g/mol. The van der Waals surface area contributed by atoms with Crippen LogP contribution in [0.3, 0.4) is 0 Å². The van der Waals surface area contributed by atoms with Crippen molar-refractivity contribution < 1.29 is 0 Å². The number of nitrogens with zero attached hydrogens (tertiary/aromatic N) is 2. The van der Waals surface area contributed by atoms with Crippen molar-refractivity contribution in [2.45, 2.75) is 0 Å². The minimum absolute atomic E-state index is 1.05. The summed E-state index contributed by atoms with van der Waals surface area (Å²) >= 11 is 0. The summed E-state index contributed by atoms with van der Waals surface area (Å²) in [5.74, 6) is 0. The van der Waals surface area contributed by atoms with Crippen molar-refractivity contribution in [1.82, 2.24) is 0 Å². The lowest BCUT2D eigenvalue weighted by Gasteiger charge is -2.10. The quantitative estimate of drug-likeness (QED) is 0.305. The largest absolute Gasteiger partial charge is 0.247 e. The van der Waals surface area contributed by atoms with E-state index in [1.807, 2.05) is 0 Å². The molecule has 0 atom stereocenters. The average Bonchev–Trinajstić information content (AvgIpc) is 3.32. The summed E-state index contributed by atoms with van der Waals surface area (Å²) in [5, 5.41) is 7.03. The monoisotopic (exact) mass is 354 g/mol. The first-order chi connectivity index (χ1) is 13.9. The van der Waals surface area contributed by atoms with Gasteiger partial charge in [0.25, 0.3) is 0 Å². The summed E-state index contributed by atoms with van der Waals surface area (Å²) in [6.07, 6.45) is 0. The lowest BCUT2D eigenvalue weighted by atomic mass is 9.91. The third kappa shape index (κ3) is 1.64. The minimum atomic E-state index is 1.05. The van der Waals surface area contributed by atoms with Crippen molar-refractivity contribution in [3.05, 3.63) is 95.6 Å². The van der Waals surface area contributed by atoms with E-state index >= 15 is 0 Å². The molecule has 0 aromatic heterocycles. The molecule has 0 aliphatic carbocycles. The Bertz CT molecular complexity index is 1610. The number of benzene rings is 5. The highest BCUT2D eigenvalue weighted by Gasteiger charge is 2.23. The Morgan fingerprint density at radius 1 is 0.429 bits per heavy atom. The van der Waals surface area contributed by atoms with Crippen LogP contribution in [0.4, 0.5) is 11.4 Å². The van der Waals surface area contributed by atoms with Gasteiger partial charge in [0, 0.05) is 33.0 Å². The fraction of sp³-hybridized carbons (Fsp3) is 0. The summed E-state index contributed by atoms with van der Waals surface area (Å²) in [6, 6.07) is 29.9. The molecule has 2 heteroatoms. The van der Waals surface area contributed by atoms with Gasteiger partial charge in [-0.1, -0.05) is 72.8 Å². The van der Waals surface area contributed by atoms with Gasteiger partial charge in [0.2, 0.25) is 0 Å². The SMILES string of the molecule is c1ccc2c(c1)N=c1c-2ccc2c3c(c4ccccc4c12)-c1ccccc1N=3. The zero-order chi connectivity index (χ0) is 18.2. The molecule has 2 nitrogen and oxygen atoms in total. The Morgan fingerprint density at radius 2 is 1.07 bits per heavy atom. The van der Waals surface area contributed by atoms with Gasteiger partial charge in [-0.2, -0.15) is 0 Å². The van der Waals surface area contributed by atoms with Crippen molar-refractivity contribution in [2.75, 3.05) is 0 Å². The summed E-state index contributed by atoms with van der Waals surface area (Å²) in [7, 11) is 0. The first-order valence-electron chi connectivity index (χ1n) is 9.54. The molecule has 0 unspecified atom stereocenters. The third-order valence-corrected chi connectivity index (χ3v) is 5.97. The van der Waals surface area contributed by atoms with E-state index in [-0.39, 0.29) is 0 Å². The Hall–Kier alpha value is -3.78. The molecule has 0 spiro atoms. The van der Waals surface area contributed by atoms with Crippen LogP contribution in [0.25, 0.3) is 43.8 Å². The van der Waals surface area contributed by atoms with Crippen LogP contribution in [0.5, 0.6) is 0 Å². The average molecular weight is 354 g/mol. The molecule has 2 aliphatic heterocycles. The van der Waals surface area contributed by atoms with E-state index < -0.39 is 0 Å². The van der Waals surface area contributed by atoms with E-state index in [0.717, 1.165) is 22.1 Å². The van der Waals surface area contributed by atoms with Crippen LogP contribution in [0, 0.1) is 0 Å². The van der Waals surface area contributed by atoms with Gasteiger partial charge >= 0.3 is 0 Å². The predicted molar refractivity (Wildman–Crippen MR) is 114 cm³/mol. The van der Waals surface area contributed by atoms with Crippen molar-refractivity contribution in [1.29, 1.82) is 0 Å². The summed E-state index contributed by atoms with van der Waals surface area (Å²) < 4.78 is 0. The molecule has 0 saturated carbocycles. The van der Waals surface area contributed by atoms with Crippen LogP contribution < -0.4 is 10.7 Å². The predicted octanol–water partition coefficient (Wildman–Crippen LogP) is 5.86. The fourth-order valence-electron chi connectivity index (χ4n) is 4.79. The Labute approximate surface area is 161 Å². The van der Waals surface area contributed by atoms with E-state index in [0.29, 0.717) is 0 Å². The standard InChI is InChI=1S/C26H14N2/c1-2-9-17-16(8-1)23-19-10-4-6-12-22(19)28-26(23)20-14-13-18-15-7-3-5-11-21(15)27-25(18)24(17)20/h1-14H. The maximum Gasteiger partial charge on any atom is 0.0801 e. The van der Waals surface area contributed by atoms with Gasteiger partial charge in [0.05, 0.1) is 22.1 Å². The number of fused-ring (bicyclic) bond motifs is 12. The maximum absolute atomic E-state index is 5.03. The van der Waals surface area contributed by atoms with Crippen LogP contribution in [0.15, 0.2) is 94.9 Å². The molecule has 0 N–H and O–H groups in total. The maximum atomic E-state index is 5.03. The van der Waals surface area contributed by atoms with Gasteiger partial charge in [0.1, 0.15) is 0 Å². The smallest absolute Gasteiger partial charge is 0.0801 e. The third-order valence-electron chi connectivity index (χ3n) is 5.97. The molecule has 2 aliphatic rings. The van der Waals surface area contributed by atoms with E-state index in [1.165, 1.54) is 43.8 Å². The fourth-order valence-corrected chi connectivity index (χ4v) is 4.79. The van der Waals surface area contributed by atoms with Gasteiger partial charge in [-0.15, -0.1) is 0 Å². The van der Waals surface area contributed by atoms with Crippen LogP contribution in [0.2, 0.25) is 0 Å². The van der Waals surface area contributed by atoms with Crippen molar-refractivity contribution in [3.8, 4) is 22.3 Å². The van der Waals surface area contributed by atoms with Crippen LogP contribution in [-0.4, -0.2) is 0 Å². The molecule has 7 rings (SSSR count). The van der Waals surface area contributed by atoms with Gasteiger partial charge in [-0.05, 0) is 22.9 Å². The molecule has 0 fully saturated rings. The topological polar surface area (TPSA) is 24.7 Å². The highest BCUT2D eigenvalue weighted by molar-refractivity contribution is 6.16. The molecule has 0 saturated heterocycles. The van der Waals surface area contributed by atoms with Crippen molar-refractivity contribution in [2.24, 2.45) is 9.98 Å². The molecule has 2 heterocycles. The molecule has 0 bridgehead atoms. The zero-order valence-corrected chi connectivity index (χ0v) is 15.0. The first kappa shape index (κ1) is 14.3. The second kappa shape index (κ2) is 4.93. The highest BCUT2D eigenvalue weighted by atomic mass is 14.8. The Morgan fingerprint density at radius 3 is 1.93 bits per heavy atom. The van der Waals surface area contributed by atoms with Gasteiger partial charge in [-0.25, -0.2) is 9.98 Å². The minimum Gasteiger partial charge on any atom is -0.247 e. The van der Waals surface area contributed by atoms with Gasteiger partial charge in [0.15, 0.2) is 0 Å². The second-order valence-electron chi connectivity index (χ2n) is 7.41. The van der Waals surface area contributed by atoms with E-state index in [9.17, 15) is 0 Å². The van der Waals surface area contributed by atoms with E-state index in [4.69, 9.17) is 9.98 Å². The van der Waals surface area contributed by atoms with Crippen LogP contribution in [-0.2, 0) is 0 Å². The lowest BCUT2D eigenvalue weighted by molar-refractivity contribution is 1.43. The Balaban J connectivity index is 1.77. The van der Waals surface area contributed by atoms with Crippen LogP contribution in [0.1, 0.15) is 0 Å². The Kier molecular flexibility index (Phi) is 2.52. The first-order valence-corrected chi connectivity index (χ1v) is 9.54. The van der Waals surface area contributed by atoms with E-state index in [1.54, 1.807) is 0 Å². The molecular formula is C26H14N2. The second-order valence-corrected chi connectivity index (χ2v) is 7.41. The number of para-hydroxylation sites is 2. The molecule has 5 aromatic rings. The number of rotatable bonds is 0. The molecule has 28 heavy (non-hydrogen) atoms. The number of hydrogen-bond donors (Lipinski definition) is 0. The molecule has 0 radical (unpaired) electrons. The number of hydrogen-bond acceptors (Lipinski definition) is 2.